The average molecular weight is 2360 g/mol. The molecule has 0 radical (unpaired) electrons. The van der Waals surface area contributed by atoms with Gasteiger partial charge >= 0.3 is 49.0 Å². The second-order valence-electron chi connectivity index (χ2n) is 39.1. The van der Waals surface area contributed by atoms with Crippen molar-refractivity contribution in [3.63, 3.8) is 0 Å². The van der Waals surface area contributed by atoms with Crippen LogP contribution in [0, 0.1) is 6.42 Å². The van der Waals surface area contributed by atoms with E-state index in [0.29, 0.717) is 18.3 Å². The van der Waals surface area contributed by atoms with E-state index in [1.54, 1.807) is 0 Å². The fraction of sp³-hybridized carbons (Fsp3) is 0.525. The summed E-state index contributed by atoms with van der Waals surface area (Å²) < 4.78 is 78.2. The van der Waals surface area contributed by atoms with E-state index in [4.69, 9.17) is 67.3 Å². The maximum atomic E-state index is 11.8. The van der Waals surface area contributed by atoms with Gasteiger partial charge in [-0.15, -0.1) is 0 Å². The van der Waals surface area contributed by atoms with Gasteiger partial charge in [0, 0.05) is 10.7 Å². The Bertz CT molecular complexity index is 4770. The third-order valence-corrected chi connectivity index (χ3v) is 47.3. The first kappa shape index (κ1) is 119. The summed E-state index contributed by atoms with van der Waals surface area (Å²) in [5, 5.41) is 48.4. The Labute approximate surface area is 886 Å². The summed E-state index contributed by atoms with van der Waals surface area (Å²) >= 11 is 16.1. The van der Waals surface area contributed by atoms with Gasteiger partial charge in [0.05, 0.1) is 9.68 Å². The van der Waals surface area contributed by atoms with Crippen molar-refractivity contribution >= 4 is 193 Å². The van der Waals surface area contributed by atoms with Crippen LogP contribution >= 0.6 is 101 Å². The van der Waals surface area contributed by atoms with E-state index in [-0.39, 0.29) is 144 Å². The maximum absolute atomic E-state index is 11.8. The molecule has 5 aliphatic carbocycles. The summed E-state index contributed by atoms with van der Waals surface area (Å²) in [4.78, 5) is 11.8. The van der Waals surface area contributed by atoms with Gasteiger partial charge in [0.15, 0.2) is 35.0 Å². The molecule has 5 heterocycles. The molecule has 6 aromatic rings. The zero-order valence-electron chi connectivity index (χ0n) is 82.5. The monoisotopic (exact) mass is 2360 g/mol. The molecular weight excluding hydrogens is 2230 g/mol. The number of aliphatic hydroxyl groups is 2. The number of ether oxygens (including phenoxy) is 10. The quantitative estimate of drug-likeness (QED) is 0.0307. The number of rotatable bonds is 16. The summed E-state index contributed by atoms with van der Waals surface area (Å²) in [7, 11) is -9.49. The Morgan fingerprint density at radius 3 is 1.08 bits per heavy atom. The van der Waals surface area contributed by atoms with Crippen molar-refractivity contribution in [1.82, 2.24) is 0 Å². The summed E-state index contributed by atoms with van der Waals surface area (Å²) in [6.45, 7) is 53.6. The van der Waals surface area contributed by atoms with Crippen LogP contribution in [0.2, 0.25) is 15.1 Å². The molecule has 4 N–H and O–H groups in total. The van der Waals surface area contributed by atoms with Gasteiger partial charge in [0.25, 0.3) is 16.6 Å². The Morgan fingerprint density at radius 1 is 0.435 bits per heavy atom. The summed E-state index contributed by atoms with van der Waals surface area (Å²) in [6.07, 6.45) is 4.64. The van der Waals surface area contributed by atoms with Crippen molar-refractivity contribution < 1.29 is 126 Å². The first-order valence-electron chi connectivity index (χ1n) is 44.8. The molecular formula is C101H138BCl3I4LiMgO17Si3-. The molecule has 14 atom stereocenters. The van der Waals surface area contributed by atoms with E-state index in [2.05, 4.69) is 300 Å². The smallest absolute Gasteiger partial charge is 1.00 e. The predicted molar refractivity (Wildman–Crippen MR) is 560 cm³/mol. The third-order valence-electron chi connectivity index (χ3n) is 24.8. The first-order chi connectivity index (χ1) is 59.3. The zero-order valence-corrected chi connectivity index (χ0v) is 96.9. The molecule has 712 valence electrons. The van der Waals surface area contributed by atoms with Crippen molar-refractivity contribution in [2.45, 2.75) is 341 Å². The maximum Gasteiger partial charge on any atom is 2.00 e. The molecule has 0 bridgehead atoms. The SMILES string of the molecule is CC(C)(C)[Si](Cl)(c1ccccc1)c1ccccc1.CCC1=C(B(O)O)[C@H](O[Si](c2ccccc2)(c2ccccc2)C(C)(C)C)[C@@H]2OC(C)(C)O[C@H]12.CCC1=C(I)C(=O)[C@@H]2OC(C)(C)O[C@H]12.CCC1=C(I)[C@H](O)[C@@H]2OC(C)(C)O[C@H]12.CCC1=C(I)[C@H](O[Si](c2ccccc2)(c2ccccc2)C(C)(C)C)[C@@H]2OC(C)(C)O[C@H]12.CC[C@]1(O)C(I)=C[C@@H]2OC(C)(C)O[C@@H]21.C[CH-]C.[Cl-].[Cl-].[H-].[Li+].[Mg+2]. The fourth-order valence-corrected chi connectivity index (χ4v) is 37.1. The van der Waals surface area contributed by atoms with Crippen LogP contribution in [0.4, 0.5) is 0 Å². The largest absolute Gasteiger partial charge is 2.00 e. The summed E-state index contributed by atoms with van der Waals surface area (Å²) in [5.74, 6) is -3.05. The average Bonchev–Trinajstić information content (AvgIpc) is 1.48. The Balaban J connectivity index is 0.000000286. The summed E-state index contributed by atoms with van der Waals surface area (Å²) in [6, 6.07) is 63.4. The molecule has 30 heteroatoms. The van der Waals surface area contributed by atoms with Gasteiger partial charge in [-0.05, 0) is 272 Å². The topological polar surface area (TPSA) is 209 Å². The van der Waals surface area contributed by atoms with E-state index >= 15 is 0 Å². The van der Waals surface area contributed by atoms with Gasteiger partial charge in [0.1, 0.15) is 72.7 Å². The molecule has 6 aromatic carbocycles. The number of halogens is 7. The van der Waals surface area contributed by atoms with Crippen LogP contribution in [0.1, 0.15) is 214 Å². The number of hydrogen-bond donors (Lipinski definition) is 4. The molecule has 17 nitrogen and oxygen atoms in total. The van der Waals surface area contributed by atoms with Crippen LogP contribution in [0.25, 0.3) is 0 Å². The van der Waals surface area contributed by atoms with Gasteiger partial charge in [-0.25, -0.2) is 0 Å². The van der Waals surface area contributed by atoms with Crippen LogP contribution in [0.3, 0.4) is 0 Å². The molecule has 16 rings (SSSR count). The van der Waals surface area contributed by atoms with Crippen molar-refractivity contribution in [3.05, 3.63) is 237 Å². The number of aliphatic hydroxyl groups excluding tert-OH is 1. The number of Topliss-reactive ketones (excluding diaryl/α,β-unsaturated/α-hetero) is 1. The first-order valence-corrected chi connectivity index (χ1v) is 55.9. The van der Waals surface area contributed by atoms with Crippen LogP contribution in [0.15, 0.2) is 230 Å². The van der Waals surface area contributed by atoms with Gasteiger partial charge in [-0.3, -0.25) is 4.79 Å². The minimum Gasteiger partial charge on any atom is -1.00 e. The molecule has 0 saturated carbocycles. The molecule has 0 amide bonds. The fourth-order valence-electron chi connectivity index (χ4n) is 19.2. The van der Waals surface area contributed by atoms with Crippen molar-refractivity contribution in [3.8, 4) is 0 Å². The van der Waals surface area contributed by atoms with Crippen molar-refractivity contribution in [1.29, 1.82) is 0 Å². The number of benzene rings is 6. The molecule has 5 saturated heterocycles. The number of ketones is 1. The van der Waals surface area contributed by atoms with Gasteiger partial charge in [-0.2, -0.15) is 24.9 Å². The third kappa shape index (κ3) is 25.6. The molecule has 5 fully saturated rings. The number of fused-ring (bicyclic) bond motifs is 5. The number of hydrogen-bond acceptors (Lipinski definition) is 17. The van der Waals surface area contributed by atoms with E-state index in [0.717, 1.165) is 51.5 Å². The van der Waals surface area contributed by atoms with Gasteiger partial charge in [-0.1, -0.05) is 279 Å². The standard InChI is InChI=1S/C26H35BO5Si.C26H33IO3Si.C16H19ClSi.2C10H15IO3.C10H13IO3.C3H7.2ClH.Li.Mg.H/c1-7-20-21(27(28)29)23(24-22(20)30-26(5,6)31-24)32-33(25(2,3)4,18-14-10-8-11-15-18)19-16-12-9-13-17-19;1-7-20-21(27)23(24-22(20)28-26(5,6)29-24)30-31(25(2,3)4,18-14-10-8-11-15-18)19-16-12-9-13-17-19;1-16(2,3)18(17,14-10-6-4-7-11-14)15-12-8-5-9-13-15;1-4-10(12)7(11)5-6-8(10)14-9(2,3)13-6;2*1-4-5-6(11)7(12)9-8(5)13-10(2,3)14-9;1-3-2;;;;;/h8-17,22-24,28-29H,7H2,1-6H3;8-17,22-24H,7H2,1-6H3;4-13H,1-3H3;5-6,8,12H,4H2,1-3H3;7-9,12H,4H2,1-3H3;8-9H,4H2,1-3H3;3H,1-2H3;2*1H;;;/q;;;;;;-1;;;+1;+2;-1/p-2/t2*22-,23+,24-;;6-,8-,10-;7-,8+,9-;8-,9+;;;;;;/m11.001....../s1. The molecule has 131 heavy (non-hydrogen) atoms. The molecule has 10 aliphatic rings. The van der Waals surface area contributed by atoms with E-state index in [9.17, 15) is 25.1 Å². The normalized spacial score (nSPS) is 27.1. The Hall–Kier alpha value is -1.08. The van der Waals surface area contributed by atoms with Crippen LogP contribution in [-0.4, -0.2) is 194 Å². The van der Waals surface area contributed by atoms with E-state index in [1.165, 1.54) is 35.5 Å². The molecule has 0 spiro atoms. The number of carbonyl (C=O) groups is 1. The van der Waals surface area contributed by atoms with Crippen molar-refractivity contribution in [2.75, 3.05) is 0 Å². The van der Waals surface area contributed by atoms with Crippen LogP contribution in [-0.2, 0) is 61.0 Å². The number of carbonyl (C=O) groups excluding carboxylic acids is 1. The molecule has 5 aliphatic heterocycles. The zero-order chi connectivity index (χ0) is 94.0. The van der Waals surface area contributed by atoms with Crippen molar-refractivity contribution in [2.24, 2.45) is 0 Å². The predicted octanol–water partition coefficient (Wildman–Crippen LogP) is 10.7. The molecule has 0 aromatic heterocycles. The molecule has 0 unspecified atom stereocenters. The van der Waals surface area contributed by atoms with Gasteiger partial charge in [0.2, 0.25) is 13.2 Å². The van der Waals surface area contributed by atoms with Gasteiger partial charge < -0.3 is 109 Å². The van der Waals surface area contributed by atoms with E-state index < -0.39 is 90.1 Å². The second-order valence-corrected chi connectivity index (χ2v) is 57.9. The Kier molecular flexibility index (Phi) is 43.3. The van der Waals surface area contributed by atoms with Crippen LogP contribution < -0.4 is 74.8 Å². The second kappa shape index (κ2) is 47.9. The van der Waals surface area contributed by atoms with Crippen LogP contribution in [0.5, 0.6) is 0 Å². The van der Waals surface area contributed by atoms with E-state index in [1.807, 2.05) is 165 Å². The Morgan fingerprint density at radius 2 is 0.733 bits per heavy atom. The summed E-state index contributed by atoms with van der Waals surface area (Å²) in [5.41, 5.74) is 4.09. The minimum atomic E-state index is -2.94. The minimum absolute atomic E-state index is 0.